The summed E-state index contributed by atoms with van der Waals surface area (Å²) in [5, 5.41) is 8.22. The van der Waals surface area contributed by atoms with E-state index in [-0.39, 0.29) is 11.8 Å². The quantitative estimate of drug-likeness (QED) is 0.774. The molecule has 1 atom stereocenters. The summed E-state index contributed by atoms with van der Waals surface area (Å²) in [6.45, 7) is 1.66. The van der Waals surface area contributed by atoms with Crippen LogP contribution in [0, 0.1) is 0 Å². The molecule has 0 aliphatic rings. The number of thiophene rings is 1. The fourth-order valence-electron chi connectivity index (χ4n) is 2.19. The van der Waals surface area contributed by atoms with Crippen LogP contribution in [-0.2, 0) is 4.79 Å². The van der Waals surface area contributed by atoms with E-state index < -0.39 is 6.04 Å². The molecule has 0 aliphatic heterocycles. The predicted octanol–water partition coefficient (Wildman–Crippen LogP) is 3.05. The molecule has 3 aromatic rings. The van der Waals surface area contributed by atoms with Crippen LogP contribution in [0.2, 0.25) is 0 Å². The Labute approximate surface area is 137 Å². The van der Waals surface area contributed by atoms with Gasteiger partial charge in [-0.2, -0.15) is 0 Å². The third-order valence-electron chi connectivity index (χ3n) is 3.39. The van der Waals surface area contributed by atoms with Gasteiger partial charge >= 0.3 is 0 Å². The summed E-state index contributed by atoms with van der Waals surface area (Å²) in [4.78, 5) is 29.2. The zero-order valence-corrected chi connectivity index (χ0v) is 13.3. The molecule has 0 aliphatic carbocycles. The van der Waals surface area contributed by atoms with Crippen LogP contribution >= 0.6 is 11.3 Å². The maximum absolute atomic E-state index is 12.3. The lowest BCUT2D eigenvalue weighted by atomic mass is 10.1. The molecule has 6 heteroatoms. The molecule has 3 rings (SSSR count). The van der Waals surface area contributed by atoms with Crippen molar-refractivity contribution in [2.45, 2.75) is 13.0 Å². The lowest BCUT2D eigenvalue weighted by molar-refractivity contribution is -0.117. The first-order valence-corrected chi connectivity index (χ1v) is 8.02. The summed E-state index contributed by atoms with van der Waals surface area (Å²) in [6, 6.07) is 12.1. The van der Waals surface area contributed by atoms with Gasteiger partial charge in [0.1, 0.15) is 6.04 Å². The zero-order valence-electron chi connectivity index (χ0n) is 12.4. The normalized spacial score (nSPS) is 11.9. The van der Waals surface area contributed by atoms with Crippen LogP contribution < -0.4 is 10.6 Å². The van der Waals surface area contributed by atoms with Gasteiger partial charge in [-0.3, -0.25) is 14.6 Å². The lowest BCUT2D eigenvalue weighted by Crippen LogP contribution is -2.41. The van der Waals surface area contributed by atoms with Crippen molar-refractivity contribution in [2.75, 3.05) is 5.32 Å². The van der Waals surface area contributed by atoms with E-state index in [2.05, 4.69) is 15.6 Å². The molecule has 0 fully saturated rings. The summed E-state index contributed by atoms with van der Waals surface area (Å²) in [7, 11) is 0. The molecule has 1 unspecified atom stereocenters. The van der Waals surface area contributed by atoms with Gasteiger partial charge in [0.05, 0.1) is 16.1 Å². The van der Waals surface area contributed by atoms with Gasteiger partial charge < -0.3 is 10.6 Å². The Hall–Kier alpha value is -2.73. The fourth-order valence-corrected chi connectivity index (χ4v) is 2.82. The molecule has 1 aromatic carbocycles. The molecule has 2 N–H and O–H groups in total. The van der Waals surface area contributed by atoms with Crippen LogP contribution in [0.25, 0.3) is 10.9 Å². The van der Waals surface area contributed by atoms with Crippen LogP contribution in [0.4, 0.5) is 5.69 Å². The van der Waals surface area contributed by atoms with Crippen LogP contribution in [0.15, 0.2) is 54.0 Å². The highest BCUT2D eigenvalue weighted by molar-refractivity contribution is 7.12. The van der Waals surface area contributed by atoms with E-state index in [1.807, 2.05) is 35.7 Å². The van der Waals surface area contributed by atoms with Crippen LogP contribution in [0.3, 0.4) is 0 Å². The summed E-state index contributed by atoms with van der Waals surface area (Å²) in [6.07, 6.45) is 1.71. The molecule has 116 valence electrons. The second kappa shape index (κ2) is 6.58. The topological polar surface area (TPSA) is 71.1 Å². The van der Waals surface area contributed by atoms with E-state index in [9.17, 15) is 9.59 Å². The molecule has 0 bridgehead atoms. The monoisotopic (exact) mass is 325 g/mol. The number of hydrogen-bond donors (Lipinski definition) is 2. The Bertz CT molecular complexity index is 841. The number of rotatable bonds is 4. The average molecular weight is 325 g/mol. The number of carbonyl (C=O) groups excluding carboxylic acids is 2. The van der Waals surface area contributed by atoms with E-state index in [0.29, 0.717) is 10.6 Å². The number of nitrogens with zero attached hydrogens (tertiary/aromatic N) is 1. The van der Waals surface area contributed by atoms with E-state index in [1.54, 1.807) is 25.3 Å². The van der Waals surface area contributed by atoms with Gasteiger partial charge in [0.2, 0.25) is 5.91 Å². The molecule has 0 spiro atoms. The number of nitrogens with one attached hydrogen (secondary N) is 2. The number of aromatic nitrogens is 1. The zero-order chi connectivity index (χ0) is 16.2. The predicted molar refractivity (Wildman–Crippen MR) is 91.6 cm³/mol. The highest BCUT2D eigenvalue weighted by Crippen LogP contribution is 2.21. The Morgan fingerprint density at radius 2 is 2.00 bits per heavy atom. The van der Waals surface area contributed by atoms with Crippen LogP contribution in [0.1, 0.15) is 16.6 Å². The molecule has 0 saturated heterocycles. The third-order valence-corrected chi connectivity index (χ3v) is 4.26. The number of benzene rings is 1. The first-order valence-electron chi connectivity index (χ1n) is 7.14. The maximum Gasteiger partial charge on any atom is 0.261 e. The molecule has 2 amide bonds. The van der Waals surface area contributed by atoms with Crippen molar-refractivity contribution in [3.8, 4) is 0 Å². The van der Waals surface area contributed by atoms with E-state index in [4.69, 9.17) is 0 Å². The van der Waals surface area contributed by atoms with Gasteiger partial charge in [0.15, 0.2) is 0 Å². The van der Waals surface area contributed by atoms with E-state index in [1.165, 1.54) is 11.3 Å². The van der Waals surface area contributed by atoms with Gasteiger partial charge in [-0.05, 0) is 42.6 Å². The van der Waals surface area contributed by atoms with Crippen molar-refractivity contribution in [3.05, 3.63) is 58.9 Å². The number of fused-ring (bicyclic) bond motifs is 1. The van der Waals surface area contributed by atoms with E-state index in [0.717, 1.165) is 10.9 Å². The van der Waals surface area contributed by atoms with Gasteiger partial charge in [-0.1, -0.05) is 12.1 Å². The largest absolute Gasteiger partial charge is 0.340 e. The average Bonchev–Trinajstić information content (AvgIpc) is 3.09. The Morgan fingerprint density at radius 3 is 2.78 bits per heavy atom. The first-order chi connectivity index (χ1) is 11.1. The minimum Gasteiger partial charge on any atom is -0.340 e. The number of anilines is 1. The molecule has 5 nitrogen and oxygen atoms in total. The molecule has 0 radical (unpaired) electrons. The standard InChI is InChI=1S/C17H15N3O2S/c1-11(19-17(22)15-8-4-10-23-15)16(21)20-14-7-2-6-13-12(14)5-3-9-18-13/h2-11H,1H3,(H,19,22)(H,20,21). The van der Waals surface area contributed by atoms with Crippen molar-refractivity contribution in [1.29, 1.82) is 0 Å². The van der Waals surface area contributed by atoms with Crippen molar-refractivity contribution in [2.24, 2.45) is 0 Å². The van der Waals surface area contributed by atoms with Gasteiger partial charge in [0.25, 0.3) is 5.91 Å². The Kier molecular flexibility index (Phi) is 4.34. The SMILES string of the molecule is CC(NC(=O)c1cccs1)C(=O)Nc1cccc2ncccc12. The van der Waals surface area contributed by atoms with Gasteiger partial charge in [-0.15, -0.1) is 11.3 Å². The summed E-state index contributed by atoms with van der Waals surface area (Å²) >= 11 is 1.34. The van der Waals surface area contributed by atoms with Crippen molar-refractivity contribution >= 4 is 39.7 Å². The highest BCUT2D eigenvalue weighted by atomic mass is 32.1. The number of carbonyl (C=O) groups is 2. The molecule has 2 heterocycles. The molecule has 0 saturated carbocycles. The molecule has 23 heavy (non-hydrogen) atoms. The minimum absolute atomic E-state index is 0.248. The molecular formula is C17H15N3O2S. The summed E-state index contributed by atoms with van der Waals surface area (Å²) in [5.41, 5.74) is 1.48. The molecular weight excluding hydrogens is 310 g/mol. The van der Waals surface area contributed by atoms with Gasteiger partial charge in [-0.25, -0.2) is 0 Å². The summed E-state index contributed by atoms with van der Waals surface area (Å²) in [5.74, 6) is -0.520. The second-order valence-electron chi connectivity index (χ2n) is 5.04. The van der Waals surface area contributed by atoms with Crippen molar-refractivity contribution in [1.82, 2.24) is 10.3 Å². The second-order valence-corrected chi connectivity index (χ2v) is 5.99. The third kappa shape index (κ3) is 3.37. The van der Waals surface area contributed by atoms with Gasteiger partial charge in [0, 0.05) is 11.6 Å². The minimum atomic E-state index is -0.642. The van der Waals surface area contributed by atoms with Crippen LogP contribution in [-0.4, -0.2) is 22.8 Å². The highest BCUT2D eigenvalue weighted by Gasteiger charge is 2.17. The Morgan fingerprint density at radius 1 is 1.13 bits per heavy atom. The number of hydrogen-bond acceptors (Lipinski definition) is 4. The Balaban J connectivity index is 1.72. The number of pyridine rings is 1. The molecule has 2 aromatic heterocycles. The van der Waals surface area contributed by atoms with E-state index >= 15 is 0 Å². The first kappa shape index (κ1) is 15.2. The maximum atomic E-state index is 12.3. The smallest absolute Gasteiger partial charge is 0.261 e. The summed E-state index contributed by atoms with van der Waals surface area (Å²) < 4.78 is 0. The number of amides is 2. The fraction of sp³-hybridized carbons (Fsp3) is 0.118. The lowest BCUT2D eigenvalue weighted by Gasteiger charge is -2.14. The van der Waals surface area contributed by atoms with Crippen molar-refractivity contribution < 1.29 is 9.59 Å². The van der Waals surface area contributed by atoms with Crippen LogP contribution in [0.5, 0.6) is 0 Å². The van der Waals surface area contributed by atoms with Crippen molar-refractivity contribution in [3.63, 3.8) is 0 Å².